The van der Waals surface area contributed by atoms with Crippen LogP contribution in [0.25, 0.3) is 11.4 Å². The molecular formula is C14H18FN3O3. The van der Waals surface area contributed by atoms with Crippen molar-refractivity contribution in [1.82, 2.24) is 14.8 Å². The number of aromatic nitrogens is 3. The third kappa shape index (κ3) is 4.55. The van der Waals surface area contributed by atoms with Gasteiger partial charge in [-0.05, 0) is 12.1 Å². The lowest BCUT2D eigenvalue weighted by Crippen LogP contribution is -2.13. The second kappa shape index (κ2) is 7.98. The van der Waals surface area contributed by atoms with Crippen molar-refractivity contribution in [3.05, 3.63) is 30.1 Å². The number of carbonyl (C=O) groups excluding carboxylic acids is 1. The minimum atomic E-state index is -0.528. The largest absolute Gasteiger partial charge is 0.466 e. The molecule has 0 saturated carbocycles. The number of methoxy groups -OCH3 is 1. The number of aryl methyl sites for hydroxylation is 1. The van der Waals surface area contributed by atoms with Gasteiger partial charge in [0.05, 0.1) is 7.11 Å². The number of halogens is 1. The number of nitrogens with zero attached hydrogens (tertiary/aromatic N) is 3. The topological polar surface area (TPSA) is 66.2 Å². The van der Waals surface area contributed by atoms with Crippen LogP contribution in [-0.4, -0.2) is 34.5 Å². The van der Waals surface area contributed by atoms with Gasteiger partial charge in [0.25, 0.3) is 0 Å². The van der Waals surface area contributed by atoms with Gasteiger partial charge in [0.1, 0.15) is 5.82 Å². The highest BCUT2D eigenvalue weighted by Gasteiger charge is 2.12. The zero-order chi connectivity index (χ0) is 15.8. The average Bonchev–Trinajstić information content (AvgIpc) is 2.88. The van der Waals surface area contributed by atoms with Crippen molar-refractivity contribution in [2.75, 3.05) is 13.7 Å². The lowest BCUT2D eigenvalue weighted by Gasteiger charge is -1.98. The molecule has 0 unspecified atom stereocenters. The first-order valence-corrected chi connectivity index (χ1v) is 6.46. The zero-order valence-electron chi connectivity index (χ0n) is 12.5. The molecule has 2 aromatic rings. The summed E-state index contributed by atoms with van der Waals surface area (Å²) in [6, 6.07) is 6.00. The van der Waals surface area contributed by atoms with Gasteiger partial charge >= 0.3 is 12.0 Å². The van der Waals surface area contributed by atoms with Crippen molar-refractivity contribution >= 4 is 5.97 Å². The van der Waals surface area contributed by atoms with Crippen LogP contribution >= 0.6 is 0 Å². The average molecular weight is 295 g/mol. The molecule has 21 heavy (non-hydrogen) atoms. The van der Waals surface area contributed by atoms with Gasteiger partial charge in [0, 0.05) is 12.6 Å². The van der Waals surface area contributed by atoms with Crippen LogP contribution < -0.4 is 4.74 Å². The van der Waals surface area contributed by atoms with Gasteiger partial charge in [-0.25, -0.2) is 13.9 Å². The first kappa shape index (κ1) is 16.6. The highest BCUT2D eigenvalue weighted by molar-refractivity contribution is 5.70. The van der Waals surface area contributed by atoms with E-state index in [4.69, 9.17) is 4.74 Å². The maximum absolute atomic E-state index is 13.1. The molecule has 0 aliphatic rings. The molecule has 0 bridgehead atoms. The zero-order valence-corrected chi connectivity index (χ0v) is 12.5. The lowest BCUT2D eigenvalue weighted by atomic mass is 10.2. The standard InChI is InChI=1S/C12H12FN3O3.C2H6/c1-16-11(8-4-3-5-9(13)6-8)14-12(15-16)19-7-10(17)18-2;1-2/h3-6H,7H2,1-2H3;1-2H3. The molecule has 114 valence electrons. The first-order valence-electron chi connectivity index (χ1n) is 6.46. The van der Waals surface area contributed by atoms with Crippen LogP contribution in [0.3, 0.4) is 0 Å². The Morgan fingerprint density at radius 3 is 2.71 bits per heavy atom. The molecule has 0 fully saturated rings. The number of hydrogen-bond donors (Lipinski definition) is 0. The Balaban J connectivity index is 0.00000106. The third-order valence-corrected chi connectivity index (χ3v) is 2.37. The van der Waals surface area contributed by atoms with Crippen LogP contribution in [0, 0.1) is 5.82 Å². The molecule has 6 nitrogen and oxygen atoms in total. The fraction of sp³-hybridized carbons (Fsp3) is 0.357. The van der Waals surface area contributed by atoms with Crippen molar-refractivity contribution in [2.45, 2.75) is 13.8 Å². The predicted octanol–water partition coefficient (Wildman–Crippen LogP) is 2.20. The lowest BCUT2D eigenvalue weighted by molar-refractivity contribution is -0.143. The van der Waals surface area contributed by atoms with Crippen molar-refractivity contribution in [3.8, 4) is 17.4 Å². The van der Waals surface area contributed by atoms with Gasteiger partial charge in [-0.15, -0.1) is 5.10 Å². The molecule has 0 aliphatic heterocycles. The Hall–Kier alpha value is -2.44. The Labute approximate surface area is 122 Å². The molecular weight excluding hydrogens is 277 g/mol. The first-order chi connectivity index (χ1) is 10.1. The van der Waals surface area contributed by atoms with Crippen molar-refractivity contribution in [3.63, 3.8) is 0 Å². The number of rotatable bonds is 4. The molecule has 0 saturated heterocycles. The van der Waals surface area contributed by atoms with E-state index in [1.54, 1.807) is 19.2 Å². The number of hydrogen-bond acceptors (Lipinski definition) is 5. The van der Waals surface area contributed by atoms with Crippen LogP contribution in [-0.2, 0) is 16.6 Å². The van der Waals surface area contributed by atoms with E-state index in [1.165, 1.54) is 23.9 Å². The molecule has 7 heteroatoms. The summed E-state index contributed by atoms with van der Waals surface area (Å²) in [5, 5.41) is 3.98. The minimum absolute atomic E-state index is 0.0344. The normalized spacial score (nSPS) is 9.57. The van der Waals surface area contributed by atoms with Crippen LogP contribution in [0.4, 0.5) is 4.39 Å². The van der Waals surface area contributed by atoms with Crippen molar-refractivity contribution in [2.24, 2.45) is 7.05 Å². The van der Waals surface area contributed by atoms with Gasteiger partial charge in [-0.3, -0.25) is 0 Å². The van der Waals surface area contributed by atoms with Gasteiger partial charge in [0.2, 0.25) is 0 Å². The maximum Gasteiger partial charge on any atom is 0.344 e. The Morgan fingerprint density at radius 2 is 2.10 bits per heavy atom. The summed E-state index contributed by atoms with van der Waals surface area (Å²) in [6.45, 7) is 3.73. The van der Waals surface area contributed by atoms with E-state index in [0.29, 0.717) is 11.4 Å². The molecule has 0 amide bonds. The van der Waals surface area contributed by atoms with Crippen LogP contribution in [0.1, 0.15) is 13.8 Å². The van der Waals surface area contributed by atoms with E-state index in [-0.39, 0.29) is 18.4 Å². The predicted molar refractivity (Wildman–Crippen MR) is 75.3 cm³/mol. The maximum atomic E-state index is 13.1. The second-order valence-electron chi connectivity index (χ2n) is 3.72. The minimum Gasteiger partial charge on any atom is -0.466 e. The highest BCUT2D eigenvalue weighted by Crippen LogP contribution is 2.19. The second-order valence-corrected chi connectivity index (χ2v) is 3.72. The molecule has 1 aromatic heterocycles. The third-order valence-electron chi connectivity index (χ3n) is 2.37. The van der Waals surface area contributed by atoms with E-state index in [9.17, 15) is 9.18 Å². The summed E-state index contributed by atoms with van der Waals surface area (Å²) in [7, 11) is 2.91. The van der Waals surface area contributed by atoms with Crippen molar-refractivity contribution in [1.29, 1.82) is 0 Å². The van der Waals surface area contributed by atoms with Gasteiger partial charge < -0.3 is 9.47 Å². The quantitative estimate of drug-likeness (QED) is 0.809. The van der Waals surface area contributed by atoms with Crippen molar-refractivity contribution < 1.29 is 18.7 Å². The summed E-state index contributed by atoms with van der Waals surface area (Å²) < 4.78 is 24.1. The van der Waals surface area contributed by atoms with Crippen LogP contribution in [0.15, 0.2) is 24.3 Å². The summed E-state index contributed by atoms with van der Waals surface area (Å²) in [5.41, 5.74) is 0.572. The summed E-state index contributed by atoms with van der Waals surface area (Å²) >= 11 is 0. The fourth-order valence-corrected chi connectivity index (χ4v) is 1.48. The fourth-order valence-electron chi connectivity index (χ4n) is 1.48. The van der Waals surface area contributed by atoms with E-state index in [0.717, 1.165) is 0 Å². The number of esters is 1. The summed E-state index contributed by atoms with van der Waals surface area (Å²) in [6.07, 6.45) is 0. The van der Waals surface area contributed by atoms with E-state index < -0.39 is 5.97 Å². The molecule has 0 spiro atoms. The highest BCUT2D eigenvalue weighted by atomic mass is 19.1. The summed E-state index contributed by atoms with van der Waals surface area (Å²) in [5.74, 6) is -0.448. The number of carbonyl (C=O) groups is 1. The van der Waals surface area contributed by atoms with Crippen LogP contribution in [0.5, 0.6) is 6.01 Å². The summed E-state index contributed by atoms with van der Waals surface area (Å²) in [4.78, 5) is 15.0. The molecule has 0 N–H and O–H groups in total. The molecule has 0 radical (unpaired) electrons. The monoisotopic (exact) mass is 295 g/mol. The molecule has 2 rings (SSSR count). The Morgan fingerprint density at radius 1 is 1.38 bits per heavy atom. The van der Waals surface area contributed by atoms with Crippen LogP contribution in [0.2, 0.25) is 0 Å². The van der Waals surface area contributed by atoms with Gasteiger partial charge in [-0.1, -0.05) is 26.0 Å². The number of benzene rings is 1. The smallest absolute Gasteiger partial charge is 0.344 e. The van der Waals surface area contributed by atoms with E-state index in [2.05, 4.69) is 14.8 Å². The number of ether oxygens (including phenoxy) is 2. The van der Waals surface area contributed by atoms with E-state index in [1.807, 2.05) is 13.8 Å². The Kier molecular flexibility index (Phi) is 6.32. The molecule has 0 aliphatic carbocycles. The Bertz CT molecular complexity index is 599. The SMILES string of the molecule is CC.COC(=O)COc1nc(-c2cccc(F)c2)n(C)n1. The molecule has 1 aromatic carbocycles. The van der Waals surface area contributed by atoms with Gasteiger partial charge in [0.15, 0.2) is 12.4 Å². The van der Waals surface area contributed by atoms with E-state index >= 15 is 0 Å². The van der Waals surface area contributed by atoms with Gasteiger partial charge in [-0.2, -0.15) is 4.98 Å². The molecule has 0 atom stereocenters. The molecule has 1 heterocycles.